The van der Waals surface area contributed by atoms with E-state index in [0.29, 0.717) is 6.42 Å². The fourth-order valence-electron chi connectivity index (χ4n) is 7.78. The van der Waals surface area contributed by atoms with Crippen molar-refractivity contribution in [3.8, 4) is 0 Å². The summed E-state index contributed by atoms with van der Waals surface area (Å²) < 4.78 is 33.9. The summed E-state index contributed by atoms with van der Waals surface area (Å²) in [6, 6.07) is -0.969. The standard InChI is InChI=1S/C44H79NO18/c1-3-5-7-9-11-13-14-16-18-20-22-32(50)45-27(28(49)21-19-17-15-12-10-8-6-4-2)26-58-42-38(56)35(53)40(30(24-47)60-42)63-44-39(57)36(54)41(31(25-48)61-44)62-43-37(55)34(52)33(51)29(23-46)59-43/h7,9,19,21,27-31,33-44,46-49,51-57H,3-6,8,10-18,20,22-26H2,1-2H3,(H,45,50)/b9-7-,21-19+. The van der Waals surface area contributed by atoms with Crippen LogP contribution in [0.5, 0.6) is 0 Å². The molecule has 0 aromatic rings. The summed E-state index contributed by atoms with van der Waals surface area (Å²) in [5.74, 6) is -0.295. The van der Waals surface area contributed by atoms with Gasteiger partial charge in [0.1, 0.15) is 73.2 Å². The van der Waals surface area contributed by atoms with Crippen molar-refractivity contribution in [3.63, 3.8) is 0 Å². The zero-order valence-corrected chi connectivity index (χ0v) is 37.0. The lowest BCUT2D eigenvalue weighted by atomic mass is 9.96. The zero-order chi connectivity index (χ0) is 46.3. The molecule has 0 aromatic carbocycles. The molecule has 3 heterocycles. The van der Waals surface area contributed by atoms with Gasteiger partial charge in [0.15, 0.2) is 18.9 Å². The van der Waals surface area contributed by atoms with Crippen LogP contribution in [0.15, 0.2) is 24.3 Å². The van der Waals surface area contributed by atoms with E-state index in [1.165, 1.54) is 12.8 Å². The summed E-state index contributed by atoms with van der Waals surface area (Å²) in [5, 5.41) is 119. The molecule has 3 aliphatic rings. The van der Waals surface area contributed by atoms with E-state index in [1.54, 1.807) is 6.08 Å². The number of hydrogen-bond donors (Lipinski definition) is 12. The highest BCUT2D eigenvalue weighted by atomic mass is 16.8. The average Bonchev–Trinajstić information content (AvgIpc) is 3.28. The minimum Gasteiger partial charge on any atom is -0.394 e. The average molecular weight is 910 g/mol. The van der Waals surface area contributed by atoms with Crippen LogP contribution >= 0.6 is 0 Å². The first-order chi connectivity index (χ1) is 30.3. The second-order valence-corrected chi connectivity index (χ2v) is 16.9. The monoisotopic (exact) mass is 910 g/mol. The molecular weight excluding hydrogens is 830 g/mol. The van der Waals surface area contributed by atoms with Gasteiger partial charge in [-0.2, -0.15) is 0 Å². The van der Waals surface area contributed by atoms with Gasteiger partial charge in [0.25, 0.3) is 0 Å². The van der Waals surface area contributed by atoms with Crippen LogP contribution in [-0.4, -0.2) is 193 Å². The number of unbranched alkanes of at least 4 members (excludes halogenated alkanes) is 12. The van der Waals surface area contributed by atoms with Crippen molar-refractivity contribution < 1.29 is 89.4 Å². The Morgan fingerprint density at radius 2 is 1.03 bits per heavy atom. The molecule has 368 valence electrons. The molecule has 0 aromatic heterocycles. The first-order valence-corrected chi connectivity index (χ1v) is 23.1. The topological polar surface area (TPSA) is 307 Å². The Bertz CT molecular complexity index is 1280. The van der Waals surface area contributed by atoms with Gasteiger partial charge in [0.05, 0.1) is 38.6 Å². The van der Waals surface area contributed by atoms with Crippen LogP contribution in [0.1, 0.15) is 117 Å². The molecule has 3 fully saturated rings. The minimum atomic E-state index is -1.97. The highest BCUT2D eigenvalue weighted by molar-refractivity contribution is 5.76. The first kappa shape index (κ1) is 55.6. The molecule has 3 aliphatic heterocycles. The Kier molecular flexibility index (Phi) is 26.9. The summed E-state index contributed by atoms with van der Waals surface area (Å²) in [4.78, 5) is 13.1. The second-order valence-electron chi connectivity index (χ2n) is 16.9. The number of hydrogen-bond acceptors (Lipinski definition) is 18. The number of aliphatic hydroxyl groups is 11. The fraction of sp³-hybridized carbons (Fsp3) is 0.886. The van der Waals surface area contributed by atoms with Gasteiger partial charge >= 0.3 is 0 Å². The van der Waals surface area contributed by atoms with Gasteiger partial charge in [-0.25, -0.2) is 0 Å². The zero-order valence-electron chi connectivity index (χ0n) is 37.0. The van der Waals surface area contributed by atoms with Crippen LogP contribution in [0.3, 0.4) is 0 Å². The molecule has 17 unspecified atom stereocenters. The minimum absolute atomic E-state index is 0.232. The first-order valence-electron chi connectivity index (χ1n) is 23.1. The number of nitrogens with one attached hydrogen (secondary N) is 1. The Morgan fingerprint density at radius 3 is 1.60 bits per heavy atom. The summed E-state index contributed by atoms with van der Waals surface area (Å²) in [6.07, 6.45) is -3.37. The molecule has 0 radical (unpaired) electrons. The van der Waals surface area contributed by atoms with E-state index < -0.39 is 124 Å². The lowest BCUT2D eigenvalue weighted by Gasteiger charge is -2.48. The number of carbonyl (C=O) groups excluding carboxylic acids is 1. The Labute approximate surface area is 371 Å². The summed E-state index contributed by atoms with van der Waals surface area (Å²) in [6.45, 7) is 1.53. The van der Waals surface area contributed by atoms with Gasteiger partial charge in [-0.05, 0) is 38.5 Å². The van der Waals surface area contributed by atoms with E-state index >= 15 is 0 Å². The van der Waals surface area contributed by atoms with Crippen molar-refractivity contribution in [3.05, 3.63) is 24.3 Å². The lowest BCUT2D eigenvalue weighted by Crippen LogP contribution is -2.66. The number of allylic oxidation sites excluding steroid dienone is 3. The Morgan fingerprint density at radius 1 is 0.556 bits per heavy atom. The van der Waals surface area contributed by atoms with Crippen LogP contribution in [0.25, 0.3) is 0 Å². The van der Waals surface area contributed by atoms with E-state index in [0.717, 1.165) is 77.0 Å². The van der Waals surface area contributed by atoms with Gasteiger partial charge in [-0.15, -0.1) is 0 Å². The molecule has 12 N–H and O–H groups in total. The molecule has 0 saturated carbocycles. The van der Waals surface area contributed by atoms with Gasteiger partial charge in [0, 0.05) is 6.42 Å². The number of aliphatic hydroxyl groups excluding tert-OH is 11. The smallest absolute Gasteiger partial charge is 0.220 e. The van der Waals surface area contributed by atoms with Crippen molar-refractivity contribution >= 4 is 5.91 Å². The van der Waals surface area contributed by atoms with Gasteiger partial charge in [-0.1, -0.05) is 95.9 Å². The quantitative estimate of drug-likeness (QED) is 0.0325. The van der Waals surface area contributed by atoms with Crippen LogP contribution in [0.2, 0.25) is 0 Å². The number of ether oxygens (including phenoxy) is 6. The maximum Gasteiger partial charge on any atom is 0.220 e. The van der Waals surface area contributed by atoms with E-state index in [1.807, 2.05) is 6.08 Å². The third-order valence-electron chi connectivity index (χ3n) is 11.7. The van der Waals surface area contributed by atoms with E-state index in [4.69, 9.17) is 28.4 Å². The molecule has 3 rings (SSSR count). The maximum absolute atomic E-state index is 13.1. The highest BCUT2D eigenvalue weighted by Gasteiger charge is 2.53. The third kappa shape index (κ3) is 17.8. The molecule has 19 heteroatoms. The van der Waals surface area contributed by atoms with Crippen LogP contribution in [-0.2, 0) is 33.2 Å². The Hall–Kier alpha value is -1.73. The number of carbonyl (C=O) groups is 1. The molecule has 19 nitrogen and oxygen atoms in total. The molecule has 0 bridgehead atoms. The van der Waals surface area contributed by atoms with Gasteiger partial charge in [0.2, 0.25) is 5.91 Å². The highest BCUT2D eigenvalue weighted by Crippen LogP contribution is 2.33. The summed E-state index contributed by atoms with van der Waals surface area (Å²) in [7, 11) is 0. The van der Waals surface area contributed by atoms with E-state index in [9.17, 15) is 61.0 Å². The van der Waals surface area contributed by atoms with Crippen molar-refractivity contribution in [1.29, 1.82) is 0 Å². The predicted octanol–water partition coefficient (Wildman–Crippen LogP) is -0.309. The summed E-state index contributed by atoms with van der Waals surface area (Å²) in [5.41, 5.74) is 0. The maximum atomic E-state index is 13.1. The van der Waals surface area contributed by atoms with E-state index in [2.05, 4.69) is 31.3 Å². The van der Waals surface area contributed by atoms with Crippen LogP contribution in [0.4, 0.5) is 0 Å². The van der Waals surface area contributed by atoms with Gasteiger partial charge in [-0.3, -0.25) is 4.79 Å². The fourth-order valence-corrected chi connectivity index (χ4v) is 7.78. The van der Waals surface area contributed by atoms with Crippen molar-refractivity contribution in [2.45, 2.75) is 221 Å². The van der Waals surface area contributed by atoms with Gasteiger partial charge < -0.3 is 89.9 Å². The number of rotatable bonds is 30. The predicted molar refractivity (Wildman–Crippen MR) is 226 cm³/mol. The van der Waals surface area contributed by atoms with Crippen LogP contribution in [0, 0.1) is 0 Å². The molecule has 0 aliphatic carbocycles. The van der Waals surface area contributed by atoms with Crippen molar-refractivity contribution in [1.82, 2.24) is 5.32 Å². The molecule has 3 saturated heterocycles. The SMILES string of the molecule is CCC/C=C\CCCCCCCC(=O)NC(COC1OC(CO)C(OC2OC(CO)C(OC3OC(CO)C(O)C(O)C3O)C(O)C2O)C(O)C1O)C(O)/C=C/CCCCCCCC. The second kappa shape index (κ2) is 30.5. The van der Waals surface area contributed by atoms with E-state index in [-0.39, 0.29) is 18.9 Å². The largest absolute Gasteiger partial charge is 0.394 e. The Balaban J connectivity index is 1.60. The molecule has 63 heavy (non-hydrogen) atoms. The lowest BCUT2D eigenvalue weighted by molar-refractivity contribution is -0.379. The molecule has 1 amide bonds. The molecule has 17 atom stereocenters. The summed E-state index contributed by atoms with van der Waals surface area (Å²) >= 11 is 0. The van der Waals surface area contributed by atoms with Crippen LogP contribution < -0.4 is 5.32 Å². The normalized spacial score (nSPS) is 35.0. The molecule has 0 spiro atoms. The number of amides is 1. The van der Waals surface area contributed by atoms with Crippen molar-refractivity contribution in [2.24, 2.45) is 0 Å². The molecular formula is C44H79NO18. The van der Waals surface area contributed by atoms with Crippen molar-refractivity contribution in [2.75, 3.05) is 26.4 Å². The third-order valence-corrected chi connectivity index (χ3v) is 11.7.